The van der Waals surface area contributed by atoms with Crippen LogP contribution in [0.1, 0.15) is 35.2 Å². The van der Waals surface area contributed by atoms with Gasteiger partial charge in [-0.05, 0) is 43.7 Å². The molecule has 0 aromatic heterocycles. The number of carbonyl (C=O) groups excluding carboxylic acids is 1. The van der Waals surface area contributed by atoms with E-state index in [9.17, 15) is 20.0 Å². The van der Waals surface area contributed by atoms with Crippen LogP contribution in [0.15, 0.2) is 18.2 Å². The summed E-state index contributed by atoms with van der Waals surface area (Å²) < 4.78 is 0. The van der Waals surface area contributed by atoms with Crippen molar-refractivity contribution in [2.45, 2.75) is 32.3 Å². The van der Waals surface area contributed by atoms with Gasteiger partial charge < -0.3 is 10.4 Å². The first kappa shape index (κ1) is 14.5. The number of carbonyl (C=O) groups is 1. The molecule has 0 heterocycles. The molecule has 1 aromatic carbocycles. The molecule has 0 aliphatic heterocycles. The Morgan fingerprint density at radius 2 is 2.25 bits per heavy atom. The average Bonchev–Trinajstić information content (AvgIpc) is 2.81. The van der Waals surface area contributed by atoms with E-state index >= 15 is 0 Å². The molecule has 0 radical (unpaired) electrons. The van der Waals surface area contributed by atoms with Gasteiger partial charge in [0.05, 0.1) is 11.0 Å². The largest absolute Gasteiger partial charge is 0.393 e. The number of hydrogen-bond acceptors (Lipinski definition) is 4. The summed E-state index contributed by atoms with van der Waals surface area (Å²) in [7, 11) is 0. The van der Waals surface area contributed by atoms with Crippen molar-refractivity contribution in [1.29, 1.82) is 0 Å². The van der Waals surface area contributed by atoms with Crippen molar-refractivity contribution < 1.29 is 14.8 Å². The number of rotatable bonds is 4. The zero-order valence-electron chi connectivity index (χ0n) is 11.3. The zero-order chi connectivity index (χ0) is 14.7. The lowest BCUT2D eigenvalue weighted by Gasteiger charge is -2.11. The van der Waals surface area contributed by atoms with E-state index in [-0.39, 0.29) is 23.3 Å². The van der Waals surface area contributed by atoms with E-state index in [1.54, 1.807) is 13.0 Å². The van der Waals surface area contributed by atoms with Crippen LogP contribution >= 0.6 is 0 Å². The molecule has 1 amide bonds. The lowest BCUT2D eigenvalue weighted by molar-refractivity contribution is -0.385. The number of aliphatic hydroxyl groups excluding tert-OH is 1. The molecule has 20 heavy (non-hydrogen) atoms. The Bertz CT molecular complexity index is 530. The number of hydrogen-bond donors (Lipinski definition) is 2. The lowest BCUT2D eigenvalue weighted by atomic mass is 10.1. The third-order valence-corrected chi connectivity index (χ3v) is 3.66. The summed E-state index contributed by atoms with van der Waals surface area (Å²) in [6.45, 7) is 2.23. The Morgan fingerprint density at radius 1 is 1.50 bits per heavy atom. The number of nitro groups is 1. The zero-order valence-corrected chi connectivity index (χ0v) is 11.3. The second-order valence-electron chi connectivity index (χ2n) is 5.32. The maximum absolute atomic E-state index is 12.1. The van der Waals surface area contributed by atoms with Crippen molar-refractivity contribution in [3.8, 4) is 0 Å². The third kappa shape index (κ3) is 3.33. The van der Waals surface area contributed by atoms with E-state index in [2.05, 4.69) is 5.32 Å². The van der Waals surface area contributed by atoms with Gasteiger partial charge in [-0.3, -0.25) is 14.9 Å². The number of nitro benzene ring substituents is 1. The van der Waals surface area contributed by atoms with Crippen molar-refractivity contribution in [2.75, 3.05) is 6.54 Å². The molecule has 1 aliphatic carbocycles. The molecule has 6 nitrogen and oxygen atoms in total. The van der Waals surface area contributed by atoms with Gasteiger partial charge in [-0.15, -0.1) is 0 Å². The van der Waals surface area contributed by atoms with Gasteiger partial charge in [-0.25, -0.2) is 0 Å². The molecule has 2 unspecified atom stereocenters. The van der Waals surface area contributed by atoms with Gasteiger partial charge in [-0.2, -0.15) is 0 Å². The topological polar surface area (TPSA) is 92.5 Å². The number of nitrogens with zero attached hydrogens (tertiary/aromatic N) is 1. The van der Waals surface area contributed by atoms with E-state index < -0.39 is 10.8 Å². The second-order valence-corrected chi connectivity index (χ2v) is 5.32. The van der Waals surface area contributed by atoms with E-state index in [4.69, 9.17) is 0 Å². The highest BCUT2D eigenvalue weighted by Gasteiger charge is 2.25. The first-order valence-electron chi connectivity index (χ1n) is 6.68. The van der Waals surface area contributed by atoms with Crippen LogP contribution in [0.5, 0.6) is 0 Å². The SMILES string of the molecule is Cc1ccc([N+](=O)[O-])c(C(=O)NCC2CCC(O)C2)c1. The smallest absolute Gasteiger partial charge is 0.282 e. The monoisotopic (exact) mass is 278 g/mol. The van der Waals surface area contributed by atoms with Crippen LogP contribution in [0.4, 0.5) is 5.69 Å². The summed E-state index contributed by atoms with van der Waals surface area (Å²) in [5, 5.41) is 23.1. The lowest BCUT2D eigenvalue weighted by Crippen LogP contribution is -2.29. The molecular formula is C14H18N2O4. The summed E-state index contributed by atoms with van der Waals surface area (Å²) in [5.74, 6) is -0.181. The number of aliphatic hydroxyl groups is 1. The Balaban J connectivity index is 2.05. The van der Waals surface area contributed by atoms with Crippen molar-refractivity contribution >= 4 is 11.6 Å². The van der Waals surface area contributed by atoms with Gasteiger partial charge in [0.1, 0.15) is 5.56 Å². The molecular weight excluding hydrogens is 260 g/mol. The van der Waals surface area contributed by atoms with Crippen LogP contribution < -0.4 is 5.32 Å². The van der Waals surface area contributed by atoms with Crippen molar-refractivity contribution in [3.63, 3.8) is 0 Å². The second kappa shape index (κ2) is 6.00. The first-order valence-corrected chi connectivity index (χ1v) is 6.68. The van der Waals surface area contributed by atoms with Gasteiger partial charge in [0, 0.05) is 12.6 Å². The van der Waals surface area contributed by atoms with Gasteiger partial charge in [0.15, 0.2) is 0 Å². The highest BCUT2D eigenvalue weighted by atomic mass is 16.6. The van der Waals surface area contributed by atoms with E-state index in [0.29, 0.717) is 13.0 Å². The molecule has 2 N–H and O–H groups in total. The van der Waals surface area contributed by atoms with Gasteiger partial charge in [0.25, 0.3) is 11.6 Å². The maximum Gasteiger partial charge on any atom is 0.282 e. The third-order valence-electron chi connectivity index (χ3n) is 3.66. The minimum Gasteiger partial charge on any atom is -0.393 e. The fraction of sp³-hybridized carbons (Fsp3) is 0.500. The standard InChI is InChI=1S/C14H18N2O4/c1-9-2-5-13(16(19)20)12(6-9)14(18)15-8-10-3-4-11(17)7-10/h2,5-6,10-11,17H,3-4,7-8H2,1H3,(H,15,18). The van der Waals surface area contributed by atoms with Crippen LogP contribution in [0.25, 0.3) is 0 Å². The molecule has 1 aliphatic rings. The van der Waals surface area contributed by atoms with Gasteiger partial charge in [0.2, 0.25) is 0 Å². The number of aryl methyl sites for hydroxylation is 1. The molecule has 1 saturated carbocycles. The summed E-state index contributed by atoms with van der Waals surface area (Å²) in [6.07, 6.45) is 2.02. The van der Waals surface area contributed by atoms with Crippen LogP contribution in [0.2, 0.25) is 0 Å². The summed E-state index contributed by atoms with van der Waals surface area (Å²) in [5.41, 5.74) is 0.713. The van der Waals surface area contributed by atoms with Crippen LogP contribution in [0, 0.1) is 23.0 Å². The summed E-state index contributed by atoms with van der Waals surface area (Å²) in [6, 6.07) is 4.49. The first-order chi connectivity index (χ1) is 9.47. The van der Waals surface area contributed by atoms with Crippen molar-refractivity contribution in [3.05, 3.63) is 39.4 Å². The molecule has 2 rings (SSSR count). The molecule has 0 spiro atoms. The predicted octanol–water partition coefficient (Wildman–Crippen LogP) is 1.79. The van der Waals surface area contributed by atoms with Gasteiger partial charge >= 0.3 is 0 Å². The summed E-state index contributed by atoms with van der Waals surface area (Å²) >= 11 is 0. The Labute approximate surface area is 117 Å². The minimum atomic E-state index is -0.548. The molecule has 0 bridgehead atoms. The van der Waals surface area contributed by atoms with E-state index in [0.717, 1.165) is 18.4 Å². The maximum atomic E-state index is 12.1. The number of nitrogens with one attached hydrogen (secondary N) is 1. The van der Waals surface area contributed by atoms with Crippen LogP contribution in [0.3, 0.4) is 0 Å². The van der Waals surface area contributed by atoms with Crippen molar-refractivity contribution in [2.24, 2.45) is 5.92 Å². The van der Waals surface area contributed by atoms with E-state index in [1.165, 1.54) is 12.1 Å². The summed E-state index contributed by atoms with van der Waals surface area (Å²) in [4.78, 5) is 22.5. The van der Waals surface area contributed by atoms with E-state index in [1.807, 2.05) is 0 Å². The van der Waals surface area contributed by atoms with Gasteiger partial charge in [-0.1, -0.05) is 6.07 Å². The Kier molecular flexibility index (Phi) is 4.34. The average molecular weight is 278 g/mol. The van der Waals surface area contributed by atoms with Crippen LogP contribution in [-0.4, -0.2) is 28.6 Å². The normalized spacial score (nSPS) is 21.7. The number of benzene rings is 1. The predicted molar refractivity (Wildman–Crippen MR) is 73.5 cm³/mol. The molecule has 1 aromatic rings. The van der Waals surface area contributed by atoms with Crippen molar-refractivity contribution in [1.82, 2.24) is 5.32 Å². The highest BCUT2D eigenvalue weighted by molar-refractivity contribution is 5.98. The fourth-order valence-electron chi connectivity index (χ4n) is 2.56. The number of amides is 1. The minimum absolute atomic E-state index is 0.0912. The molecule has 2 atom stereocenters. The van der Waals surface area contributed by atoms with Crippen LogP contribution in [-0.2, 0) is 0 Å². The fourth-order valence-corrected chi connectivity index (χ4v) is 2.56. The molecule has 0 saturated heterocycles. The molecule has 1 fully saturated rings. The molecule has 6 heteroatoms. The molecule has 108 valence electrons. The highest BCUT2D eigenvalue weighted by Crippen LogP contribution is 2.25. The Morgan fingerprint density at radius 3 is 2.85 bits per heavy atom. The quantitative estimate of drug-likeness (QED) is 0.648. The Hall–Kier alpha value is -1.95.